The maximum absolute atomic E-state index is 15.1. The fraction of sp³-hybridized carbons (Fsp3) is 0.625. The third-order valence-corrected chi connectivity index (χ3v) is 14.0. The quantitative estimate of drug-likeness (QED) is 0.341. The van der Waals surface area contributed by atoms with Crippen molar-refractivity contribution in [1.82, 2.24) is 24.8 Å². The summed E-state index contributed by atoms with van der Waals surface area (Å²) < 4.78 is 52.3. The largest absolute Gasteiger partial charge is 0.486 e. The van der Waals surface area contributed by atoms with Gasteiger partial charge in [0.15, 0.2) is 11.5 Å². The Bertz CT molecular complexity index is 2080. The van der Waals surface area contributed by atoms with Crippen LogP contribution in [-0.2, 0) is 29.1 Å². The lowest BCUT2D eigenvalue weighted by Crippen LogP contribution is -2.64. The van der Waals surface area contributed by atoms with Gasteiger partial charge in [0.05, 0.1) is 23.5 Å². The molecule has 0 radical (unpaired) electrons. The van der Waals surface area contributed by atoms with Crippen molar-refractivity contribution in [3.05, 3.63) is 36.5 Å². The Balaban J connectivity index is 1.28. The first-order chi connectivity index (χ1) is 26.9. The Kier molecular flexibility index (Phi) is 10.6. The van der Waals surface area contributed by atoms with Crippen molar-refractivity contribution in [2.24, 2.45) is 5.92 Å². The van der Waals surface area contributed by atoms with Crippen molar-refractivity contribution in [2.45, 2.75) is 133 Å². The Labute approximate surface area is 332 Å². The van der Waals surface area contributed by atoms with Gasteiger partial charge in [-0.1, -0.05) is 19.1 Å². The number of nitrogens with one attached hydrogen (secondary N) is 2. The van der Waals surface area contributed by atoms with Crippen LogP contribution in [0.5, 0.6) is 17.4 Å². The number of aromatic nitrogens is 1. The molecule has 5 aliphatic rings. The monoisotopic (exact) mass is 811 g/mol. The number of allylic oxidation sites excluding steroid dienone is 1. The highest BCUT2D eigenvalue weighted by Gasteiger charge is 2.63. The fourth-order valence-electron chi connectivity index (χ4n) is 8.21. The van der Waals surface area contributed by atoms with E-state index in [0.717, 1.165) is 4.90 Å². The molecule has 1 aromatic heterocycles. The summed E-state index contributed by atoms with van der Waals surface area (Å²) in [6, 6.07) is 2.74. The molecule has 310 valence electrons. The molecule has 0 bridgehead atoms. The smallest absolute Gasteiger partial charge is 0.408 e. The molecule has 2 aromatic rings. The molecule has 7 atom stereocenters. The van der Waals surface area contributed by atoms with E-state index in [2.05, 4.69) is 15.0 Å². The zero-order chi connectivity index (χ0) is 41.1. The van der Waals surface area contributed by atoms with Gasteiger partial charge in [-0.25, -0.2) is 18.2 Å². The van der Waals surface area contributed by atoms with Crippen LogP contribution in [0.15, 0.2) is 36.5 Å². The maximum Gasteiger partial charge on any atom is 0.408 e. The number of hydrogen-bond donors (Lipinski definition) is 3. The number of amides is 4. The molecule has 4 amide bonds. The summed E-state index contributed by atoms with van der Waals surface area (Å²) in [5.74, 6) is -1.35. The molecule has 3 aliphatic heterocycles. The van der Waals surface area contributed by atoms with E-state index in [1.54, 1.807) is 52.1 Å². The molecule has 57 heavy (non-hydrogen) atoms. The number of hydrogen-bond acceptors (Lipinski definition) is 11. The van der Waals surface area contributed by atoms with Gasteiger partial charge in [0.1, 0.15) is 36.9 Å². The molecule has 17 heteroatoms. The van der Waals surface area contributed by atoms with Crippen LogP contribution in [0.1, 0.15) is 86.5 Å². The number of carbonyl (C=O) groups excluding carboxylic acids is 3. The normalized spacial score (nSPS) is 30.5. The lowest BCUT2D eigenvalue weighted by molar-refractivity contribution is -0.152. The molecule has 1 saturated heterocycles. The van der Waals surface area contributed by atoms with Gasteiger partial charge in [-0.3, -0.25) is 24.0 Å². The van der Waals surface area contributed by atoms with Crippen LogP contribution in [0.25, 0.3) is 10.8 Å². The molecular weight excluding hydrogens is 759 g/mol. The molecule has 0 unspecified atom stereocenters. The summed E-state index contributed by atoms with van der Waals surface area (Å²) in [5.41, 5.74) is -2.65. The van der Waals surface area contributed by atoms with Crippen molar-refractivity contribution >= 4 is 44.6 Å². The first-order valence-electron chi connectivity index (χ1n) is 19.8. The Morgan fingerprint density at radius 3 is 2.56 bits per heavy atom. The summed E-state index contributed by atoms with van der Waals surface area (Å²) in [6.45, 7) is 11.0. The van der Waals surface area contributed by atoms with Crippen LogP contribution in [0.2, 0.25) is 0 Å². The van der Waals surface area contributed by atoms with Crippen LogP contribution in [0.3, 0.4) is 0 Å². The second kappa shape index (κ2) is 14.9. The lowest BCUT2D eigenvalue weighted by Gasteiger charge is -2.44. The number of carbonyl (C=O) groups is 4. The number of rotatable bonds is 7. The van der Waals surface area contributed by atoms with E-state index >= 15 is 4.79 Å². The zero-order valence-electron chi connectivity index (χ0n) is 33.3. The molecule has 4 heterocycles. The SMILES string of the molecule is CC[C@@H]1O[C@H](C)CC/C=C\[C@@H]2C[C@@]2(C(=O)NS(=O)(=O)C2(C)CC2)NC(=O)[C@@H]2C[C@@H](Oc3nccc4c5c(ccc34)OCCO5)CN2C(=O)[C@H]1N(C(=O)O)C(C)(C)C. The van der Waals surface area contributed by atoms with Gasteiger partial charge in [-0.05, 0) is 91.3 Å². The minimum absolute atomic E-state index is 0.0435. The fourth-order valence-corrected chi connectivity index (χ4v) is 9.52. The highest BCUT2D eigenvalue weighted by Crippen LogP contribution is 2.48. The third kappa shape index (κ3) is 7.71. The average molecular weight is 812 g/mol. The zero-order valence-corrected chi connectivity index (χ0v) is 34.1. The Morgan fingerprint density at radius 1 is 1.14 bits per heavy atom. The van der Waals surface area contributed by atoms with Crippen molar-refractivity contribution in [3.8, 4) is 17.4 Å². The first-order valence-corrected chi connectivity index (χ1v) is 21.2. The second-order valence-electron chi connectivity index (χ2n) is 17.1. The number of fused-ring (bicyclic) bond motifs is 5. The second-order valence-corrected chi connectivity index (χ2v) is 19.3. The molecular formula is C40H53N5O11S. The number of benzene rings is 1. The van der Waals surface area contributed by atoms with Crippen LogP contribution in [-0.4, -0.2) is 118 Å². The van der Waals surface area contributed by atoms with Crippen molar-refractivity contribution < 1.29 is 51.6 Å². The van der Waals surface area contributed by atoms with Crippen LogP contribution < -0.4 is 24.2 Å². The summed E-state index contributed by atoms with van der Waals surface area (Å²) in [5, 5.41) is 14.8. The molecule has 2 saturated carbocycles. The highest BCUT2D eigenvalue weighted by atomic mass is 32.2. The van der Waals surface area contributed by atoms with E-state index < -0.39 is 86.0 Å². The highest BCUT2D eigenvalue weighted by molar-refractivity contribution is 7.91. The van der Waals surface area contributed by atoms with Gasteiger partial charge in [0.25, 0.3) is 5.91 Å². The van der Waals surface area contributed by atoms with E-state index in [-0.39, 0.29) is 31.7 Å². The van der Waals surface area contributed by atoms with E-state index in [0.29, 0.717) is 61.2 Å². The van der Waals surface area contributed by atoms with E-state index in [9.17, 15) is 27.9 Å². The minimum atomic E-state index is -4.04. The van der Waals surface area contributed by atoms with Gasteiger partial charge in [-0.2, -0.15) is 0 Å². The number of pyridine rings is 1. The molecule has 3 N–H and O–H groups in total. The van der Waals surface area contributed by atoms with E-state index in [1.165, 1.54) is 4.90 Å². The van der Waals surface area contributed by atoms with E-state index in [4.69, 9.17) is 18.9 Å². The Morgan fingerprint density at radius 2 is 1.88 bits per heavy atom. The molecule has 7 rings (SSSR count). The molecule has 16 nitrogen and oxygen atoms in total. The summed E-state index contributed by atoms with van der Waals surface area (Å²) in [7, 11) is -4.04. The predicted molar refractivity (Wildman–Crippen MR) is 207 cm³/mol. The average Bonchev–Trinajstić information content (AvgIpc) is 4.03. The molecule has 3 fully saturated rings. The van der Waals surface area contributed by atoms with Gasteiger partial charge in [-0.15, -0.1) is 0 Å². The molecule has 0 spiro atoms. The maximum atomic E-state index is 15.1. The van der Waals surface area contributed by atoms with E-state index in [1.807, 2.05) is 26.0 Å². The molecule has 2 aliphatic carbocycles. The summed E-state index contributed by atoms with van der Waals surface area (Å²) in [4.78, 5) is 63.7. The minimum Gasteiger partial charge on any atom is -0.486 e. The third-order valence-electron chi connectivity index (χ3n) is 11.9. The standard InChI is InChI=1S/C40H53N5O11S/c1-7-29-31(45(37(49)50)38(3,4)5)35(47)44-22-25(56-34-27-12-13-30-32(54-19-18-53-30)26(27)14-17-41-34)20-28(44)33(46)42-40(21-24(40)11-9-8-10-23(2)55-29)36(48)43-57(51,52)39(6)15-16-39/h9,11-14,17,23-25,28-29,31H,7-8,10,15-16,18-22H2,1-6H3,(H,42,46)(H,43,48)(H,49,50)/b11-9-/t23-,24-,25-,28+,29+,31+,40-/m1/s1. The number of sulfonamides is 1. The number of nitrogens with zero attached hydrogens (tertiary/aromatic N) is 3. The van der Waals surface area contributed by atoms with Crippen LogP contribution in [0, 0.1) is 5.92 Å². The van der Waals surface area contributed by atoms with Crippen LogP contribution >= 0.6 is 0 Å². The van der Waals surface area contributed by atoms with Crippen molar-refractivity contribution in [3.63, 3.8) is 0 Å². The predicted octanol–water partition coefficient (Wildman–Crippen LogP) is 3.91. The topological polar surface area (TPSA) is 203 Å². The lowest BCUT2D eigenvalue weighted by atomic mass is 9.97. The van der Waals surface area contributed by atoms with Gasteiger partial charge in [0, 0.05) is 34.8 Å². The van der Waals surface area contributed by atoms with Crippen molar-refractivity contribution in [2.75, 3.05) is 19.8 Å². The summed E-state index contributed by atoms with van der Waals surface area (Å²) >= 11 is 0. The van der Waals surface area contributed by atoms with Gasteiger partial charge >= 0.3 is 6.09 Å². The van der Waals surface area contributed by atoms with Gasteiger partial charge in [0.2, 0.25) is 27.7 Å². The van der Waals surface area contributed by atoms with Crippen molar-refractivity contribution in [1.29, 1.82) is 0 Å². The molecule has 1 aromatic carbocycles. The number of ether oxygens (including phenoxy) is 4. The number of carboxylic acid groups (broad SMARTS) is 1. The van der Waals surface area contributed by atoms with Crippen LogP contribution in [0.4, 0.5) is 4.79 Å². The first kappa shape index (κ1) is 40.6. The summed E-state index contributed by atoms with van der Waals surface area (Å²) in [6.07, 6.45) is 4.09. The van der Waals surface area contributed by atoms with Gasteiger partial charge < -0.3 is 34.3 Å². The Hall–Kier alpha value is -4.64.